The number of nitrogens with zero attached hydrogens (tertiary/aromatic N) is 6. The normalized spacial score (nSPS) is 11.9. The van der Waals surface area contributed by atoms with Crippen LogP contribution in [-0.2, 0) is 7.59 Å². The molecule has 0 saturated carbocycles. The van der Waals surface area contributed by atoms with Crippen molar-refractivity contribution in [3.8, 4) is 11.5 Å². The summed E-state index contributed by atoms with van der Waals surface area (Å²) in [6, 6.07) is 15.1. The summed E-state index contributed by atoms with van der Waals surface area (Å²) in [5.41, 5.74) is 1.87. The minimum absolute atomic E-state index is 0.0969. The second-order valence-corrected chi connectivity index (χ2v) is 12.9. The fourth-order valence-corrected chi connectivity index (χ4v) is 3.77. The van der Waals surface area contributed by atoms with Gasteiger partial charge in [0.25, 0.3) is 0 Å². The van der Waals surface area contributed by atoms with E-state index in [1.54, 1.807) is 40.2 Å². The maximum absolute atomic E-state index is 5.80. The Morgan fingerprint density at radius 1 is 0.571 bits per heavy atom. The van der Waals surface area contributed by atoms with Crippen molar-refractivity contribution in [2.24, 2.45) is 0 Å². The molecule has 0 N–H and O–H groups in total. The van der Waals surface area contributed by atoms with E-state index in [4.69, 9.17) is 79.1 Å². The van der Waals surface area contributed by atoms with Gasteiger partial charge in [0.05, 0.1) is 14.2 Å². The van der Waals surface area contributed by atoms with Crippen LogP contribution >= 0.6 is 69.6 Å². The SMILES string of the molecule is COc1ccc(/C=C/c2nc(C)nc(C(Cl)(Cl)Cl)n2)cc1.COc1ccccc1/C=C/c1nc(C)nc(C(Cl)(Cl)Cl)n1. The fourth-order valence-electron chi connectivity index (χ4n) is 3.26. The van der Waals surface area contributed by atoms with Gasteiger partial charge in [-0.15, -0.1) is 0 Å². The van der Waals surface area contributed by atoms with Gasteiger partial charge in [-0.05, 0) is 55.8 Å². The van der Waals surface area contributed by atoms with Crippen molar-refractivity contribution in [3.63, 3.8) is 0 Å². The molecule has 0 unspecified atom stereocenters. The second kappa shape index (κ2) is 15.1. The smallest absolute Gasteiger partial charge is 0.250 e. The molecule has 0 atom stereocenters. The Balaban J connectivity index is 0.000000230. The molecule has 42 heavy (non-hydrogen) atoms. The second-order valence-electron chi connectivity index (χ2n) is 8.31. The summed E-state index contributed by atoms with van der Waals surface area (Å²) in [7, 11) is 3.23. The molecule has 0 bridgehead atoms. The van der Waals surface area contributed by atoms with E-state index >= 15 is 0 Å². The van der Waals surface area contributed by atoms with Gasteiger partial charge in [-0.2, -0.15) is 0 Å². The van der Waals surface area contributed by atoms with Gasteiger partial charge < -0.3 is 9.47 Å². The molecule has 8 nitrogen and oxygen atoms in total. The maximum Gasteiger partial charge on any atom is 0.250 e. The molecule has 0 saturated heterocycles. The lowest BCUT2D eigenvalue weighted by atomic mass is 10.2. The Morgan fingerprint density at radius 3 is 1.55 bits per heavy atom. The number of hydrogen-bond acceptors (Lipinski definition) is 8. The summed E-state index contributed by atoms with van der Waals surface area (Å²) in [6.07, 6.45) is 7.13. The maximum atomic E-state index is 5.80. The quantitative estimate of drug-likeness (QED) is 0.187. The van der Waals surface area contributed by atoms with Gasteiger partial charge in [0, 0.05) is 5.56 Å². The summed E-state index contributed by atoms with van der Waals surface area (Å²) in [4.78, 5) is 24.7. The van der Waals surface area contributed by atoms with Crippen LogP contribution in [0.2, 0.25) is 0 Å². The van der Waals surface area contributed by atoms with E-state index in [9.17, 15) is 0 Å². The number of benzene rings is 2. The van der Waals surface area contributed by atoms with Gasteiger partial charge in [-0.3, -0.25) is 0 Å². The van der Waals surface area contributed by atoms with E-state index in [2.05, 4.69) is 29.9 Å². The first-order valence-corrected chi connectivity index (χ1v) is 14.3. The van der Waals surface area contributed by atoms with Crippen molar-refractivity contribution in [2.75, 3.05) is 14.2 Å². The van der Waals surface area contributed by atoms with Crippen LogP contribution in [0.3, 0.4) is 0 Å². The molecule has 4 aromatic rings. The number of rotatable bonds is 6. The lowest BCUT2D eigenvalue weighted by Gasteiger charge is -2.09. The molecule has 2 heterocycles. The number of halogens is 6. The molecule has 220 valence electrons. The zero-order chi connectivity index (χ0) is 30.9. The van der Waals surface area contributed by atoms with Crippen LogP contribution in [0.1, 0.15) is 46.1 Å². The van der Waals surface area contributed by atoms with Crippen molar-refractivity contribution in [1.82, 2.24) is 29.9 Å². The highest BCUT2D eigenvalue weighted by Gasteiger charge is 2.28. The van der Waals surface area contributed by atoms with Gasteiger partial charge in [-0.25, -0.2) is 29.9 Å². The average Bonchev–Trinajstić information content (AvgIpc) is 2.94. The Labute approximate surface area is 273 Å². The van der Waals surface area contributed by atoms with Crippen LogP contribution in [0, 0.1) is 13.8 Å². The number of aryl methyl sites for hydroxylation is 2. The van der Waals surface area contributed by atoms with Crippen LogP contribution in [0.5, 0.6) is 11.5 Å². The van der Waals surface area contributed by atoms with Crippen molar-refractivity contribution >= 4 is 93.9 Å². The first-order valence-electron chi connectivity index (χ1n) is 12.0. The topological polar surface area (TPSA) is 95.8 Å². The van der Waals surface area contributed by atoms with Crippen molar-refractivity contribution in [3.05, 3.63) is 94.6 Å². The highest BCUT2D eigenvalue weighted by atomic mass is 35.6. The van der Waals surface area contributed by atoms with Crippen LogP contribution in [0.25, 0.3) is 24.3 Å². The third-order valence-corrected chi connectivity index (χ3v) is 6.14. The predicted molar refractivity (Wildman–Crippen MR) is 171 cm³/mol. The monoisotopic (exact) mass is 686 g/mol. The lowest BCUT2D eigenvalue weighted by Crippen LogP contribution is -2.11. The summed E-state index contributed by atoms with van der Waals surface area (Å²) in [5.74, 6) is 3.55. The van der Waals surface area contributed by atoms with Crippen molar-refractivity contribution < 1.29 is 9.47 Å². The number of para-hydroxylation sites is 1. The van der Waals surface area contributed by atoms with Crippen LogP contribution in [0.15, 0.2) is 48.5 Å². The predicted octanol–water partition coefficient (Wildman–Crippen LogP) is 8.37. The molecule has 4 rings (SSSR count). The molecule has 2 aromatic carbocycles. The fraction of sp³-hybridized carbons (Fsp3) is 0.214. The van der Waals surface area contributed by atoms with Crippen LogP contribution in [-0.4, -0.2) is 44.1 Å². The van der Waals surface area contributed by atoms with Gasteiger partial charge in [0.1, 0.15) is 23.1 Å². The molecule has 2 aromatic heterocycles. The van der Waals surface area contributed by atoms with E-state index in [1.165, 1.54) is 0 Å². The number of ether oxygens (including phenoxy) is 2. The first kappa shape index (κ1) is 33.8. The molecule has 14 heteroatoms. The van der Waals surface area contributed by atoms with Gasteiger partial charge >= 0.3 is 0 Å². The molecule has 0 aliphatic rings. The van der Waals surface area contributed by atoms with Crippen molar-refractivity contribution in [1.29, 1.82) is 0 Å². The van der Waals surface area contributed by atoms with E-state index in [0.29, 0.717) is 23.3 Å². The largest absolute Gasteiger partial charge is 0.497 e. The van der Waals surface area contributed by atoms with E-state index in [0.717, 1.165) is 22.6 Å². The minimum atomic E-state index is -1.68. The highest BCUT2D eigenvalue weighted by molar-refractivity contribution is 6.67. The minimum Gasteiger partial charge on any atom is -0.497 e. The molecule has 0 aliphatic carbocycles. The van der Waals surface area contributed by atoms with E-state index in [1.807, 2.05) is 60.7 Å². The number of aromatic nitrogens is 6. The summed E-state index contributed by atoms with van der Waals surface area (Å²) < 4.78 is 7.02. The van der Waals surface area contributed by atoms with Gasteiger partial charge in [-0.1, -0.05) is 106 Å². The molecule has 0 spiro atoms. The molecular formula is C28H24Cl6N6O2. The Morgan fingerprint density at radius 2 is 1.07 bits per heavy atom. The lowest BCUT2D eigenvalue weighted by molar-refractivity contribution is 0.414. The summed E-state index contributed by atoms with van der Waals surface area (Å²) in [5, 5.41) is 0. The van der Waals surface area contributed by atoms with Gasteiger partial charge in [0.15, 0.2) is 23.3 Å². The molecule has 0 amide bonds. The first-order chi connectivity index (χ1) is 19.8. The Bertz CT molecular complexity index is 1550. The Hall–Kier alpha value is -2.72. The number of hydrogen-bond donors (Lipinski definition) is 0. The van der Waals surface area contributed by atoms with E-state index in [-0.39, 0.29) is 11.6 Å². The molecule has 0 radical (unpaired) electrons. The average molecular weight is 689 g/mol. The zero-order valence-electron chi connectivity index (χ0n) is 22.7. The van der Waals surface area contributed by atoms with Crippen LogP contribution in [0.4, 0.5) is 0 Å². The highest BCUT2D eigenvalue weighted by Crippen LogP contribution is 2.36. The molecule has 0 aliphatic heterocycles. The summed E-state index contributed by atoms with van der Waals surface area (Å²) in [6.45, 7) is 3.42. The van der Waals surface area contributed by atoms with E-state index < -0.39 is 7.59 Å². The standard InChI is InChI=1S/2C14H12Cl3N3O/c1-9-18-12(20-13(19-9)14(15,16)17)8-5-10-3-6-11(21-2)7-4-10;1-9-18-12(20-13(19-9)14(15,16)17)8-7-10-5-3-4-6-11(10)21-2/h2*3-8H,1-2H3/b8-5+;8-7+. The number of alkyl halides is 6. The van der Waals surface area contributed by atoms with Gasteiger partial charge in [0.2, 0.25) is 7.59 Å². The summed E-state index contributed by atoms with van der Waals surface area (Å²) >= 11 is 34.8. The Kier molecular flexibility index (Phi) is 12.2. The third-order valence-electron chi connectivity index (χ3n) is 5.13. The van der Waals surface area contributed by atoms with Crippen LogP contribution < -0.4 is 9.47 Å². The zero-order valence-corrected chi connectivity index (χ0v) is 27.2. The molecular weight excluding hydrogens is 665 g/mol. The molecule has 0 fully saturated rings. The van der Waals surface area contributed by atoms with Crippen molar-refractivity contribution in [2.45, 2.75) is 21.4 Å². The third kappa shape index (κ3) is 10.5. The number of methoxy groups -OCH3 is 2.